The van der Waals surface area contributed by atoms with Crippen molar-refractivity contribution in [1.29, 1.82) is 0 Å². The quantitative estimate of drug-likeness (QED) is 0.881. The van der Waals surface area contributed by atoms with E-state index in [1.54, 1.807) is 19.2 Å². The summed E-state index contributed by atoms with van der Waals surface area (Å²) >= 11 is 0. The average molecular weight is 255 g/mol. The summed E-state index contributed by atoms with van der Waals surface area (Å²) in [6.07, 6.45) is 0. The lowest BCUT2D eigenvalue weighted by Gasteiger charge is -2.06. The maximum atomic E-state index is 12.0. The minimum Gasteiger partial charge on any atom is -0.373 e. The summed E-state index contributed by atoms with van der Waals surface area (Å²) in [5.41, 5.74) is 2.68. The van der Waals surface area contributed by atoms with Crippen molar-refractivity contribution >= 4 is 11.7 Å². The van der Waals surface area contributed by atoms with Gasteiger partial charge in [-0.1, -0.05) is 35.9 Å². The Morgan fingerprint density at radius 2 is 2.00 bits per heavy atom. The fourth-order valence-corrected chi connectivity index (χ4v) is 1.80. The van der Waals surface area contributed by atoms with Crippen LogP contribution in [0.4, 0.5) is 5.82 Å². The van der Waals surface area contributed by atoms with Gasteiger partial charge in [0.2, 0.25) is 0 Å². The van der Waals surface area contributed by atoms with Crippen molar-refractivity contribution in [2.24, 2.45) is 0 Å². The number of benzene rings is 1. The molecule has 0 aliphatic heterocycles. The van der Waals surface area contributed by atoms with E-state index >= 15 is 0 Å². The molecular formula is C15H17N3O. The lowest BCUT2D eigenvalue weighted by molar-refractivity contribution is 0.0946. The molecule has 0 bridgehead atoms. The first kappa shape index (κ1) is 13.1. The van der Waals surface area contributed by atoms with Crippen molar-refractivity contribution in [3.05, 3.63) is 59.3 Å². The van der Waals surface area contributed by atoms with Gasteiger partial charge in [0.05, 0.1) is 0 Å². The van der Waals surface area contributed by atoms with Gasteiger partial charge in [-0.3, -0.25) is 4.79 Å². The molecule has 4 nitrogen and oxygen atoms in total. The SMILES string of the molecule is CNc1cccc(C(=O)NCc2cccc(C)c2)n1. The van der Waals surface area contributed by atoms with Crippen LogP contribution in [0.5, 0.6) is 0 Å². The molecule has 1 heterocycles. The number of hydrogen-bond acceptors (Lipinski definition) is 3. The molecule has 0 radical (unpaired) electrons. The second kappa shape index (κ2) is 6.00. The summed E-state index contributed by atoms with van der Waals surface area (Å²) in [7, 11) is 1.77. The lowest BCUT2D eigenvalue weighted by atomic mass is 10.1. The predicted molar refractivity (Wildman–Crippen MR) is 76.1 cm³/mol. The van der Waals surface area contributed by atoms with E-state index in [1.807, 2.05) is 31.2 Å². The van der Waals surface area contributed by atoms with Gasteiger partial charge < -0.3 is 10.6 Å². The fourth-order valence-electron chi connectivity index (χ4n) is 1.80. The molecule has 0 unspecified atom stereocenters. The number of carbonyl (C=O) groups excluding carboxylic acids is 1. The third-order valence-corrected chi connectivity index (χ3v) is 2.77. The first-order valence-corrected chi connectivity index (χ1v) is 6.17. The van der Waals surface area contributed by atoms with E-state index in [1.165, 1.54) is 5.56 Å². The van der Waals surface area contributed by atoms with Gasteiger partial charge in [-0.05, 0) is 24.6 Å². The molecule has 0 fully saturated rings. The summed E-state index contributed by atoms with van der Waals surface area (Å²) in [6.45, 7) is 2.54. The Kier molecular flexibility index (Phi) is 4.13. The Bertz CT molecular complexity index is 581. The largest absolute Gasteiger partial charge is 0.373 e. The molecule has 2 aromatic rings. The number of carbonyl (C=O) groups is 1. The molecule has 0 saturated carbocycles. The highest BCUT2D eigenvalue weighted by molar-refractivity contribution is 5.92. The summed E-state index contributed by atoms with van der Waals surface area (Å²) in [5.74, 6) is 0.516. The van der Waals surface area contributed by atoms with Gasteiger partial charge in [-0.25, -0.2) is 4.98 Å². The van der Waals surface area contributed by atoms with Crippen molar-refractivity contribution in [3.63, 3.8) is 0 Å². The van der Waals surface area contributed by atoms with E-state index in [0.717, 1.165) is 5.56 Å². The summed E-state index contributed by atoms with van der Waals surface area (Å²) in [4.78, 5) is 16.2. The van der Waals surface area contributed by atoms with Gasteiger partial charge in [0.15, 0.2) is 0 Å². The second-order valence-corrected chi connectivity index (χ2v) is 4.33. The highest BCUT2D eigenvalue weighted by atomic mass is 16.1. The van der Waals surface area contributed by atoms with E-state index < -0.39 is 0 Å². The van der Waals surface area contributed by atoms with Crippen LogP contribution in [0.1, 0.15) is 21.6 Å². The first-order valence-electron chi connectivity index (χ1n) is 6.17. The number of anilines is 1. The van der Waals surface area contributed by atoms with Crippen LogP contribution in [0.2, 0.25) is 0 Å². The van der Waals surface area contributed by atoms with Crippen LogP contribution in [0.15, 0.2) is 42.5 Å². The molecule has 1 aromatic heterocycles. The van der Waals surface area contributed by atoms with E-state index in [0.29, 0.717) is 18.1 Å². The third kappa shape index (κ3) is 3.55. The van der Waals surface area contributed by atoms with Crippen molar-refractivity contribution in [2.75, 3.05) is 12.4 Å². The van der Waals surface area contributed by atoms with Crippen LogP contribution >= 0.6 is 0 Å². The Labute approximate surface area is 112 Å². The van der Waals surface area contributed by atoms with Gasteiger partial charge >= 0.3 is 0 Å². The normalized spacial score (nSPS) is 10.0. The van der Waals surface area contributed by atoms with Gasteiger partial charge in [-0.2, -0.15) is 0 Å². The molecule has 0 aliphatic rings. The molecule has 98 valence electrons. The molecule has 0 atom stereocenters. The number of aromatic nitrogens is 1. The highest BCUT2D eigenvalue weighted by Gasteiger charge is 2.07. The molecule has 0 spiro atoms. The van der Waals surface area contributed by atoms with Crippen LogP contribution in [0, 0.1) is 6.92 Å². The second-order valence-electron chi connectivity index (χ2n) is 4.33. The van der Waals surface area contributed by atoms with Crippen LogP contribution in [-0.4, -0.2) is 17.9 Å². The maximum Gasteiger partial charge on any atom is 0.270 e. The van der Waals surface area contributed by atoms with Crippen LogP contribution in [-0.2, 0) is 6.54 Å². The monoisotopic (exact) mass is 255 g/mol. The number of nitrogens with zero attached hydrogens (tertiary/aromatic N) is 1. The molecule has 2 rings (SSSR count). The Balaban J connectivity index is 2.01. The fraction of sp³-hybridized carbons (Fsp3) is 0.200. The number of amides is 1. The van der Waals surface area contributed by atoms with Crippen LogP contribution in [0.3, 0.4) is 0 Å². The topological polar surface area (TPSA) is 54.0 Å². The number of pyridine rings is 1. The number of rotatable bonds is 4. The molecule has 19 heavy (non-hydrogen) atoms. The number of hydrogen-bond donors (Lipinski definition) is 2. The first-order chi connectivity index (χ1) is 9.19. The highest BCUT2D eigenvalue weighted by Crippen LogP contribution is 2.06. The molecule has 1 amide bonds. The Morgan fingerprint density at radius 3 is 2.74 bits per heavy atom. The minimum absolute atomic E-state index is 0.168. The summed E-state index contributed by atoms with van der Waals surface area (Å²) < 4.78 is 0. The van der Waals surface area contributed by atoms with Crippen LogP contribution < -0.4 is 10.6 Å². The van der Waals surface area contributed by atoms with Crippen molar-refractivity contribution in [1.82, 2.24) is 10.3 Å². The lowest BCUT2D eigenvalue weighted by Crippen LogP contribution is -2.24. The van der Waals surface area contributed by atoms with E-state index in [4.69, 9.17) is 0 Å². The zero-order valence-electron chi connectivity index (χ0n) is 11.1. The summed E-state index contributed by atoms with van der Waals surface area (Å²) in [6, 6.07) is 13.4. The van der Waals surface area contributed by atoms with Gasteiger partial charge in [0, 0.05) is 13.6 Å². The molecule has 0 saturated heterocycles. The molecule has 2 N–H and O–H groups in total. The zero-order valence-corrected chi connectivity index (χ0v) is 11.1. The number of aryl methyl sites for hydroxylation is 1. The van der Waals surface area contributed by atoms with E-state index in [-0.39, 0.29) is 5.91 Å². The maximum absolute atomic E-state index is 12.0. The van der Waals surface area contributed by atoms with Crippen molar-refractivity contribution in [3.8, 4) is 0 Å². The summed E-state index contributed by atoms with van der Waals surface area (Å²) in [5, 5.41) is 5.78. The standard InChI is InChI=1S/C15H17N3O/c1-11-5-3-6-12(9-11)10-17-15(19)13-7-4-8-14(16-2)18-13/h3-9H,10H2,1-2H3,(H,16,18)(H,17,19). The predicted octanol–water partition coefficient (Wildman–Crippen LogP) is 2.36. The smallest absolute Gasteiger partial charge is 0.270 e. The van der Waals surface area contributed by atoms with E-state index in [2.05, 4.69) is 21.7 Å². The Hall–Kier alpha value is -2.36. The molecule has 4 heteroatoms. The van der Waals surface area contributed by atoms with E-state index in [9.17, 15) is 4.79 Å². The molecular weight excluding hydrogens is 238 g/mol. The van der Waals surface area contributed by atoms with Gasteiger partial charge in [0.1, 0.15) is 11.5 Å². The Morgan fingerprint density at radius 1 is 1.21 bits per heavy atom. The zero-order chi connectivity index (χ0) is 13.7. The van der Waals surface area contributed by atoms with Crippen molar-refractivity contribution in [2.45, 2.75) is 13.5 Å². The van der Waals surface area contributed by atoms with Gasteiger partial charge in [-0.15, -0.1) is 0 Å². The third-order valence-electron chi connectivity index (χ3n) is 2.77. The minimum atomic E-state index is -0.168. The van der Waals surface area contributed by atoms with Crippen molar-refractivity contribution < 1.29 is 4.79 Å². The van der Waals surface area contributed by atoms with Crippen LogP contribution in [0.25, 0.3) is 0 Å². The molecule has 0 aliphatic carbocycles. The van der Waals surface area contributed by atoms with Gasteiger partial charge in [0.25, 0.3) is 5.91 Å². The number of nitrogens with one attached hydrogen (secondary N) is 2. The molecule has 1 aromatic carbocycles. The average Bonchev–Trinajstić information content (AvgIpc) is 2.45.